The number of likely N-dealkylation sites (N-methyl/N-ethyl adjacent to an activating group) is 1. The summed E-state index contributed by atoms with van der Waals surface area (Å²) >= 11 is 0. The Hall–Kier alpha value is -1.84. The summed E-state index contributed by atoms with van der Waals surface area (Å²) in [5, 5.41) is 19.9. The third-order valence-electron chi connectivity index (χ3n) is 3.42. The lowest BCUT2D eigenvalue weighted by atomic mass is 9.87. The van der Waals surface area contributed by atoms with Crippen LogP contribution in [0.4, 0.5) is 0 Å². The van der Waals surface area contributed by atoms with E-state index in [9.17, 15) is 10.2 Å². The second-order valence-corrected chi connectivity index (χ2v) is 4.71. The highest BCUT2D eigenvalue weighted by Crippen LogP contribution is 2.39. The minimum Gasteiger partial charge on any atom is -0.508 e. The summed E-state index contributed by atoms with van der Waals surface area (Å²) in [7, 11) is 1.73. The number of β-amino-alcohol motifs (C(OH)–C–C–N with tert-alkyl or cyclic N) is 1. The number of nitrogens with zero attached hydrogens (tertiary/aromatic N) is 1. The van der Waals surface area contributed by atoms with Crippen molar-refractivity contribution in [2.75, 3.05) is 13.6 Å². The molecule has 3 rings (SSSR count). The average Bonchev–Trinajstić information content (AvgIpc) is 2.54. The smallest absolute Gasteiger partial charge is 0.115 e. The van der Waals surface area contributed by atoms with Gasteiger partial charge in [-0.25, -0.2) is 0 Å². The fraction of sp³-hybridized carbons (Fsp3) is 0.250. The monoisotopic (exact) mass is 260 g/mol. The molecule has 0 spiro atoms. The van der Waals surface area contributed by atoms with E-state index < -0.39 is 18.2 Å². The largest absolute Gasteiger partial charge is 0.508 e. The molecule has 98 valence electrons. The van der Waals surface area contributed by atoms with Crippen LogP contribution in [-0.2, 0) is 0 Å². The van der Waals surface area contributed by atoms with Crippen LogP contribution in [0.2, 0.25) is 0 Å². The van der Waals surface area contributed by atoms with E-state index in [4.69, 9.17) is 6.85 Å². The summed E-state index contributed by atoms with van der Waals surface area (Å²) in [6.45, 7) is 0.225. The summed E-state index contributed by atoms with van der Waals surface area (Å²) in [5.74, 6) is 0.0113. The molecule has 1 unspecified atom stereocenters. The molecule has 0 fully saturated rings. The van der Waals surface area contributed by atoms with E-state index in [0.717, 1.165) is 0 Å². The first-order valence-electron chi connectivity index (χ1n) is 8.52. The van der Waals surface area contributed by atoms with Gasteiger partial charge < -0.3 is 10.2 Å². The topological polar surface area (TPSA) is 43.7 Å². The number of benzene rings is 2. The van der Waals surface area contributed by atoms with E-state index in [0.29, 0.717) is 11.1 Å². The van der Waals surface area contributed by atoms with Gasteiger partial charge in [-0.15, -0.1) is 0 Å². The predicted molar refractivity (Wildman–Crippen MR) is 74.0 cm³/mol. The Morgan fingerprint density at radius 1 is 1.21 bits per heavy atom. The predicted octanol–water partition coefficient (Wildman–Crippen LogP) is 2.46. The van der Waals surface area contributed by atoms with Crippen LogP contribution in [0, 0.1) is 0 Å². The molecule has 2 atom stereocenters. The molecule has 0 radical (unpaired) electrons. The first-order valence-corrected chi connectivity index (χ1v) is 6.02. The molecule has 2 aromatic carbocycles. The maximum atomic E-state index is 10.3. The lowest BCUT2D eigenvalue weighted by Gasteiger charge is -2.37. The Morgan fingerprint density at radius 3 is 2.68 bits per heavy atom. The summed E-state index contributed by atoms with van der Waals surface area (Å²) in [6.07, 6.45) is -0.821. The molecule has 0 bridgehead atoms. The zero-order valence-electron chi connectivity index (χ0n) is 15.4. The molecule has 3 nitrogen and oxygen atoms in total. The number of hydrogen-bond donors (Lipinski definition) is 2. The minimum atomic E-state index is -0.821. The maximum absolute atomic E-state index is 10.3. The highest BCUT2D eigenvalue weighted by Gasteiger charge is 2.31. The molecule has 3 heteroatoms. The van der Waals surface area contributed by atoms with E-state index in [1.165, 1.54) is 12.1 Å². The van der Waals surface area contributed by atoms with Crippen LogP contribution in [0.15, 0.2) is 48.4 Å². The summed E-state index contributed by atoms with van der Waals surface area (Å²) in [4.78, 5) is 1.75. The molecule has 1 aliphatic heterocycles. The SMILES string of the molecule is [2H]c1c([2H])c([2H])c(C2c3ccc(O)cc3[C@H](O)CN2C)c([2H])c1[2H]. The van der Waals surface area contributed by atoms with E-state index in [2.05, 4.69) is 0 Å². The lowest BCUT2D eigenvalue weighted by molar-refractivity contribution is 0.0942. The maximum Gasteiger partial charge on any atom is 0.115 e. The molecular formula is C16H17NO2. The molecule has 19 heavy (non-hydrogen) atoms. The number of hydrogen-bond acceptors (Lipinski definition) is 3. The molecule has 0 aromatic heterocycles. The van der Waals surface area contributed by atoms with E-state index in [1.54, 1.807) is 18.0 Å². The molecule has 1 aliphatic rings. The van der Waals surface area contributed by atoms with Crippen molar-refractivity contribution in [2.45, 2.75) is 12.1 Å². The molecule has 1 heterocycles. The van der Waals surface area contributed by atoms with Gasteiger partial charge >= 0.3 is 0 Å². The second kappa shape index (κ2) is 4.68. The van der Waals surface area contributed by atoms with E-state index in [1.807, 2.05) is 0 Å². The molecule has 0 saturated heterocycles. The van der Waals surface area contributed by atoms with Gasteiger partial charge in [0.15, 0.2) is 0 Å². The van der Waals surface area contributed by atoms with Crippen molar-refractivity contribution >= 4 is 0 Å². The minimum absolute atomic E-state index is 0.0113. The number of rotatable bonds is 1. The fourth-order valence-electron chi connectivity index (χ4n) is 2.59. The van der Waals surface area contributed by atoms with E-state index in [-0.39, 0.29) is 42.0 Å². The van der Waals surface area contributed by atoms with Gasteiger partial charge in [0.05, 0.1) is 19.0 Å². The number of phenolic OH excluding ortho intramolecular Hbond substituents is 1. The zero-order chi connectivity index (χ0) is 17.8. The Labute approximate surface area is 119 Å². The number of aliphatic hydroxyl groups excluding tert-OH is 1. The van der Waals surface area contributed by atoms with Gasteiger partial charge in [-0.2, -0.15) is 0 Å². The first-order chi connectivity index (χ1) is 11.2. The highest BCUT2D eigenvalue weighted by molar-refractivity contribution is 5.44. The van der Waals surface area contributed by atoms with Crippen LogP contribution in [0.25, 0.3) is 0 Å². The summed E-state index contributed by atoms with van der Waals surface area (Å²) < 4.78 is 39.8. The number of aliphatic hydroxyl groups is 1. The van der Waals surface area contributed by atoms with Crippen LogP contribution in [0.3, 0.4) is 0 Å². The first kappa shape index (κ1) is 7.68. The van der Waals surface area contributed by atoms with Gasteiger partial charge in [0.25, 0.3) is 0 Å². The number of fused-ring (bicyclic) bond motifs is 1. The van der Waals surface area contributed by atoms with Crippen molar-refractivity contribution in [3.8, 4) is 5.75 Å². The zero-order valence-corrected chi connectivity index (χ0v) is 10.4. The third kappa shape index (κ3) is 2.11. The standard InChI is InChI=1S/C16H17NO2/c1-17-10-15(19)14-9-12(18)7-8-13(14)16(17)11-5-3-2-4-6-11/h2-9,15-16,18-19H,10H2,1H3/t15-,16?/m1/s1/i2D,3D,4D,5D,6D. The number of aromatic hydroxyl groups is 1. The van der Waals surface area contributed by atoms with Gasteiger partial charge in [0.2, 0.25) is 0 Å². The van der Waals surface area contributed by atoms with Crippen LogP contribution in [0.1, 0.15) is 35.7 Å². The Balaban J connectivity index is 2.30. The lowest BCUT2D eigenvalue weighted by Crippen LogP contribution is -2.35. The molecule has 0 saturated carbocycles. The molecule has 0 aliphatic carbocycles. The Morgan fingerprint density at radius 2 is 1.95 bits per heavy atom. The normalized spacial score (nSPS) is 26.7. The van der Waals surface area contributed by atoms with Crippen LogP contribution in [0.5, 0.6) is 5.75 Å². The molecule has 0 amide bonds. The number of phenols is 1. The van der Waals surface area contributed by atoms with Crippen molar-refractivity contribution < 1.29 is 17.1 Å². The van der Waals surface area contributed by atoms with Crippen molar-refractivity contribution in [1.29, 1.82) is 0 Å². The average molecular weight is 260 g/mol. The second-order valence-electron chi connectivity index (χ2n) is 4.71. The van der Waals surface area contributed by atoms with Gasteiger partial charge in [0.1, 0.15) is 5.75 Å². The summed E-state index contributed by atoms with van der Waals surface area (Å²) in [5.41, 5.74) is 1.29. The Bertz CT molecular complexity index is 798. The van der Waals surface area contributed by atoms with Crippen LogP contribution in [-0.4, -0.2) is 28.7 Å². The fourth-order valence-corrected chi connectivity index (χ4v) is 2.59. The van der Waals surface area contributed by atoms with Crippen molar-refractivity contribution in [2.24, 2.45) is 0 Å². The van der Waals surface area contributed by atoms with Gasteiger partial charge in [-0.1, -0.05) is 36.3 Å². The van der Waals surface area contributed by atoms with E-state index >= 15 is 0 Å². The molecule has 2 N–H and O–H groups in total. The molecule has 2 aromatic rings. The van der Waals surface area contributed by atoms with Gasteiger partial charge in [-0.3, -0.25) is 4.90 Å². The third-order valence-corrected chi connectivity index (χ3v) is 3.42. The van der Waals surface area contributed by atoms with Crippen LogP contribution < -0.4 is 0 Å². The van der Waals surface area contributed by atoms with Crippen molar-refractivity contribution in [1.82, 2.24) is 4.90 Å². The van der Waals surface area contributed by atoms with Crippen molar-refractivity contribution in [3.05, 3.63) is 65.1 Å². The quantitative estimate of drug-likeness (QED) is 0.828. The van der Waals surface area contributed by atoms with Crippen LogP contribution >= 0.6 is 0 Å². The summed E-state index contributed by atoms with van der Waals surface area (Å²) in [6, 6.07) is 2.23. The molecular weight excluding hydrogens is 238 g/mol. The van der Waals surface area contributed by atoms with Crippen molar-refractivity contribution in [3.63, 3.8) is 0 Å². The van der Waals surface area contributed by atoms with Gasteiger partial charge in [0, 0.05) is 6.54 Å². The Kier molecular flexibility index (Phi) is 1.89. The van der Waals surface area contributed by atoms with Gasteiger partial charge in [-0.05, 0) is 35.9 Å². The highest BCUT2D eigenvalue weighted by atomic mass is 16.3.